The molecule has 5 N–H and O–H groups in total. The van der Waals surface area contributed by atoms with E-state index in [9.17, 15) is 9.59 Å². The minimum Gasteiger partial charge on any atom is -0.376 e. The molecule has 0 rings (SSSR count). The second kappa shape index (κ2) is 6.17. The van der Waals surface area contributed by atoms with Crippen LogP contribution in [0.4, 0.5) is 9.59 Å². The van der Waals surface area contributed by atoms with E-state index in [0.29, 0.717) is 4.90 Å². The number of aliphatic hydroxyl groups excluding tert-OH is 3. The Bertz CT molecular complexity index is 181. The van der Waals surface area contributed by atoms with Crippen LogP contribution in [-0.4, -0.2) is 52.5 Å². The van der Waals surface area contributed by atoms with Crippen molar-refractivity contribution >= 4 is 12.1 Å². The molecule has 0 aromatic carbocycles. The maximum atomic E-state index is 10.8. The lowest BCUT2D eigenvalue weighted by Crippen LogP contribution is -2.47. The molecule has 0 fully saturated rings. The van der Waals surface area contributed by atoms with E-state index in [4.69, 9.17) is 15.3 Å². The number of carbonyl (C=O) groups is 2. The first-order valence-corrected chi connectivity index (χ1v) is 3.32. The highest BCUT2D eigenvalue weighted by Gasteiger charge is 2.13. The molecule has 76 valence electrons. The molecular weight excluding hydrogens is 182 g/mol. The van der Waals surface area contributed by atoms with Crippen LogP contribution < -0.4 is 10.6 Å². The van der Waals surface area contributed by atoms with Crippen molar-refractivity contribution in [3.8, 4) is 0 Å². The Morgan fingerprint density at radius 2 is 1.69 bits per heavy atom. The third kappa shape index (κ3) is 4.25. The van der Waals surface area contributed by atoms with Gasteiger partial charge in [-0.25, -0.2) is 9.59 Å². The minimum atomic E-state index is -0.962. The normalized spacial score (nSPS) is 9.15. The predicted octanol–water partition coefficient (Wildman–Crippen LogP) is -2.44. The van der Waals surface area contributed by atoms with E-state index in [1.54, 1.807) is 5.32 Å². The minimum absolute atomic E-state index is 0.566. The number of urea groups is 2. The Morgan fingerprint density at radius 1 is 1.15 bits per heavy atom. The van der Waals surface area contributed by atoms with Gasteiger partial charge in [0.2, 0.25) is 0 Å². The highest BCUT2D eigenvalue weighted by atomic mass is 16.3. The molecule has 0 atom stereocenters. The van der Waals surface area contributed by atoms with E-state index in [0.717, 1.165) is 0 Å². The number of nitrogens with zero attached hydrogens (tertiary/aromatic N) is 1. The summed E-state index contributed by atoms with van der Waals surface area (Å²) in [6, 6.07) is -1.88. The second-order valence-electron chi connectivity index (χ2n) is 1.92. The van der Waals surface area contributed by atoms with Crippen LogP contribution in [0.5, 0.6) is 0 Å². The molecule has 4 amide bonds. The van der Waals surface area contributed by atoms with Gasteiger partial charge in [0.1, 0.15) is 20.2 Å². The lowest BCUT2D eigenvalue weighted by Gasteiger charge is -2.16. The monoisotopic (exact) mass is 193 g/mol. The third-order valence-corrected chi connectivity index (χ3v) is 1.09. The van der Waals surface area contributed by atoms with Crippen LogP contribution in [0, 0.1) is 0 Å². The van der Waals surface area contributed by atoms with Gasteiger partial charge in [0.05, 0.1) is 0 Å². The first kappa shape index (κ1) is 11.6. The Hall–Kier alpha value is -1.38. The number of hydrogen-bond donors (Lipinski definition) is 5. The van der Waals surface area contributed by atoms with E-state index in [2.05, 4.69) is 0 Å². The molecule has 0 aliphatic carbocycles. The van der Waals surface area contributed by atoms with E-state index in [1.165, 1.54) is 0 Å². The van der Waals surface area contributed by atoms with Gasteiger partial charge in [0, 0.05) is 0 Å². The lowest BCUT2D eigenvalue weighted by atomic mass is 10.7. The largest absolute Gasteiger partial charge is 0.376 e. The number of rotatable bonds is 3. The van der Waals surface area contributed by atoms with Gasteiger partial charge in [-0.15, -0.1) is 0 Å². The Kier molecular flexibility index (Phi) is 5.52. The van der Waals surface area contributed by atoms with Crippen LogP contribution in [0.1, 0.15) is 0 Å². The van der Waals surface area contributed by atoms with Crippen LogP contribution >= 0.6 is 0 Å². The van der Waals surface area contributed by atoms with Gasteiger partial charge in [0.15, 0.2) is 0 Å². The Balaban J connectivity index is 3.90. The smallest absolute Gasteiger partial charge is 0.329 e. The van der Waals surface area contributed by atoms with E-state index in [1.807, 2.05) is 5.32 Å². The zero-order chi connectivity index (χ0) is 10.3. The quantitative estimate of drug-likeness (QED) is 0.319. The molecule has 13 heavy (non-hydrogen) atoms. The molecule has 0 aliphatic heterocycles. The molecule has 8 heteroatoms. The number of amides is 4. The summed E-state index contributed by atoms with van der Waals surface area (Å²) in [6.07, 6.45) is 0. The zero-order valence-corrected chi connectivity index (χ0v) is 6.73. The molecular formula is C5H11N3O5. The van der Waals surface area contributed by atoms with Gasteiger partial charge >= 0.3 is 12.1 Å². The fourth-order valence-electron chi connectivity index (χ4n) is 0.465. The molecule has 0 unspecified atom stereocenters. The number of aliphatic hydroxyl groups is 3. The van der Waals surface area contributed by atoms with Crippen molar-refractivity contribution < 1.29 is 24.9 Å². The van der Waals surface area contributed by atoms with Gasteiger partial charge in [-0.3, -0.25) is 10.2 Å². The third-order valence-electron chi connectivity index (χ3n) is 1.09. The summed E-state index contributed by atoms with van der Waals surface area (Å²) in [5.41, 5.74) is 0. The van der Waals surface area contributed by atoms with Crippen LogP contribution in [0.25, 0.3) is 0 Å². The fourth-order valence-corrected chi connectivity index (χ4v) is 0.465. The number of carbonyl (C=O) groups excluding carboxylic acids is 2. The SMILES string of the molecule is O=C(NCO)NC(=O)N(CO)CO. The van der Waals surface area contributed by atoms with Gasteiger partial charge in [-0.2, -0.15) is 0 Å². The molecule has 0 aromatic heterocycles. The van der Waals surface area contributed by atoms with Crippen molar-refractivity contribution in [1.29, 1.82) is 0 Å². The standard InChI is InChI=1S/C5H11N3O5/c9-1-6-4(12)7-5(13)8(2-10)3-11/h9-11H,1-3H2,(H2,6,7,12,13). The van der Waals surface area contributed by atoms with Gasteiger partial charge in [-0.05, 0) is 0 Å². The number of hydrogen-bond acceptors (Lipinski definition) is 5. The molecule has 0 aliphatic rings. The summed E-state index contributed by atoms with van der Waals surface area (Å²) < 4.78 is 0. The van der Waals surface area contributed by atoms with Crippen LogP contribution in [0.3, 0.4) is 0 Å². The average Bonchev–Trinajstić information content (AvgIpc) is 2.06. The zero-order valence-electron chi connectivity index (χ0n) is 6.73. The molecule has 8 nitrogen and oxygen atoms in total. The first-order valence-electron chi connectivity index (χ1n) is 3.32. The topological polar surface area (TPSA) is 122 Å². The molecule has 0 bridgehead atoms. The van der Waals surface area contributed by atoms with Gasteiger partial charge in [0.25, 0.3) is 0 Å². The summed E-state index contributed by atoms with van der Waals surface area (Å²) in [5.74, 6) is 0. The molecule has 0 saturated carbocycles. The van der Waals surface area contributed by atoms with Crippen molar-refractivity contribution in [2.24, 2.45) is 0 Å². The molecule has 0 aromatic rings. The number of imide groups is 1. The summed E-state index contributed by atoms with van der Waals surface area (Å²) >= 11 is 0. The van der Waals surface area contributed by atoms with Crippen molar-refractivity contribution in [3.05, 3.63) is 0 Å². The maximum absolute atomic E-state index is 10.8. The highest BCUT2D eigenvalue weighted by Crippen LogP contribution is 1.84. The summed E-state index contributed by atoms with van der Waals surface area (Å²) in [4.78, 5) is 22.0. The van der Waals surface area contributed by atoms with Crippen LogP contribution in [0.15, 0.2) is 0 Å². The van der Waals surface area contributed by atoms with E-state index in [-0.39, 0.29) is 0 Å². The lowest BCUT2D eigenvalue weighted by molar-refractivity contribution is 0.0579. The summed E-state index contributed by atoms with van der Waals surface area (Å²) in [7, 11) is 0. The summed E-state index contributed by atoms with van der Waals surface area (Å²) in [6.45, 7) is -2.04. The fraction of sp³-hybridized carbons (Fsp3) is 0.600. The van der Waals surface area contributed by atoms with Crippen molar-refractivity contribution in [1.82, 2.24) is 15.5 Å². The van der Waals surface area contributed by atoms with E-state index >= 15 is 0 Å². The molecule has 0 spiro atoms. The maximum Gasteiger partial charge on any atom is 0.329 e. The molecule has 0 saturated heterocycles. The number of nitrogens with one attached hydrogen (secondary N) is 2. The second-order valence-corrected chi connectivity index (χ2v) is 1.92. The van der Waals surface area contributed by atoms with Crippen molar-refractivity contribution in [2.75, 3.05) is 20.2 Å². The average molecular weight is 193 g/mol. The van der Waals surface area contributed by atoms with Crippen LogP contribution in [0.2, 0.25) is 0 Å². The Morgan fingerprint density at radius 3 is 2.08 bits per heavy atom. The Labute approximate surface area is 73.8 Å². The summed E-state index contributed by atoms with van der Waals surface area (Å²) in [5, 5.41) is 28.7. The van der Waals surface area contributed by atoms with Crippen molar-refractivity contribution in [3.63, 3.8) is 0 Å². The molecule has 0 radical (unpaired) electrons. The van der Waals surface area contributed by atoms with E-state index < -0.39 is 32.3 Å². The highest BCUT2D eigenvalue weighted by molar-refractivity contribution is 5.93. The van der Waals surface area contributed by atoms with Gasteiger partial charge < -0.3 is 20.6 Å². The predicted molar refractivity (Wildman–Crippen MR) is 40.2 cm³/mol. The molecule has 0 heterocycles. The van der Waals surface area contributed by atoms with Gasteiger partial charge in [-0.1, -0.05) is 0 Å². The van der Waals surface area contributed by atoms with Crippen LogP contribution in [-0.2, 0) is 0 Å². The first-order chi connectivity index (χ1) is 6.15. The van der Waals surface area contributed by atoms with Crippen molar-refractivity contribution in [2.45, 2.75) is 0 Å².